The zero-order valence-electron chi connectivity index (χ0n) is 20.8. The van der Waals surface area contributed by atoms with E-state index in [0.717, 1.165) is 36.1 Å². The van der Waals surface area contributed by atoms with Crippen molar-refractivity contribution in [2.45, 2.75) is 64.6 Å². The van der Waals surface area contributed by atoms with Crippen LogP contribution in [0.3, 0.4) is 0 Å². The first kappa shape index (κ1) is 29.3. The van der Waals surface area contributed by atoms with Gasteiger partial charge in [0.25, 0.3) is 0 Å². The highest BCUT2D eigenvalue weighted by molar-refractivity contribution is 7.53. The molecule has 4 N–H and O–H groups in total. The molecule has 2 rings (SSSR count). The maximum absolute atomic E-state index is 13.2. The highest BCUT2D eigenvalue weighted by Crippen LogP contribution is 2.54. The molecule has 0 aliphatic carbocycles. The Morgan fingerprint density at radius 1 is 1.11 bits per heavy atom. The second-order valence-electron chi connectivity index (χ2n) is 9.04. The minimum Gasteiger partial charge on any atom is -0.383 e. The van der Waals surface area contributed by atoms with Gasteiger partial charge in [0, 0.05) is 25.2 Å². The standard InChI is InChI=1S/C25H38F2N3O4P/c1-4-5-6-7-22-17-23(19(2)29-24(22)28)16-20-8-10-21(11-9-20)18-30(3)13-15-34-14-12-25(26,27)35(31,32)33/h8-11,17H,4-7,12-16,18H2,1-3H3,(H2,28,29)(H2,31,32,33). The van der Waals surface area contributed by atoms with Crippen LogP contribution in [-0.2, 0) is 28.7 Å². The van der Waals surface area contributed by atoms with E-state index in [1.165, 1.54) is 24.0 Å². The first-order valence-corrected chi connectivity index (χ1v) is 13.6. The predicted octanol–water partition coefficient (Wildman–Crippen LogP) is 4.90. The van der Waals surface area contributed by atoms with Gasteiger partial charge < -0.3 is 20.3 Å². The van der Waals surface area contributed by atoms with Gasteiger partial charge in [0.05, 0.1) is 13.2 Å². The normalized spacial score (nSPS) is 12.5. The average Bonchev–Trinajstić information content (AvgIpc) is 2.77. The number of nitrogen functional groups attached to an aromatic ring is 1. The first-order valence-electron chi connectivity index (χ1n) is 12.0. The van der Waals surface area contributed by atoms with Gasteiger partial charge in [-0.25, -0.2) is 4.98 Å². The van der Waals surface area contributed by atoms with E-state index in [1.807, 2.05) is 18.9 Å². The third-order valence-electron chi connectivity index (χ3n) is 5.94. The molecule has 0 radical (unpaired) electrons. The number of anilines is 1. The molecule has 35 heavy (non-hydrogen) atoms. The molecule has 0 aliphatic rings. The summed E-state index contributed by atoms with van der Waals surface area (Å²) in [6.07, 6.45) is 4.17. The minimum atomic E-state index is -5.46. The molecule has 10 heteroatoms. The molecule has 0 bridgehead atoms. The zero-order chi connectivity index (χ0) is 26.1. The molecule has 1 aromatic heterocycles. The van der Waals surface area contributed by atoms with Gasteiger partial charge in [-0.05, 0) is 55.5 Å². The highest BCUT2D eigenvalue weighted by atomic mass is 31.2. The molecular formula is C25H38F2N3O4P. The van der Waals surface area contributed by atoms with Gasteiger partial charge in [-0.3, -0.25) is 9.46 Å². The van der Waals surface area contributed by atoms with Crippen molar-refractivity contribution in [1.82, 2.24) is 9.88 Å². The van der Waals surface area contributed by atoms with Crippen molar-refractivity contribution in [3.05, 3.63) is 58.3 Å². The van der Waals surface area contributed by atoms with Crippen LogP contribution in [0.25, 0.3) is 0 Å². The van der Waals surface area contributed by atoms with Crippen molar-refractivity contribution in [1.29, 1.82) is 0 Å². The highest BCUT2D eigenvalue weighted by Gasteiger charge is 2.47. The van der Waals surface area contributed by atoms with Crippen LogP contribution in [0.5, 0.6) is 0 Å². The molecule has 0 spiro atoms. The van der Waals surface area contributed by atoms with Gasteiger partial charge in [-0.2, -0.15) is 8.78 Å². The number of hydrogen-bond donors (Lipinski definition) is 3. The van der Waals surface area contributed by atoms with E-state index in [9.17, 15) is 13.3 Å². The molecule has 1 heterocycles. The summed E-state index contributed by atoms with van der Waals surface area (Å²) in [4.78, 5) is 23.8. The third kappa shape index (κ3) is 9.58. The smallest absolute Gasteiger partial charge is 0.383 e. The molecule has 0 saturated carbocycles. The Morgan fingerprint density at radius 2 is 1.77 bits per heavy atom. The molecule has 7 nitrogen and oxygen atoms in total. The average molecular weight is 514 g/mol. The van der Waals surface area contributed by atoms with E-state index in [-0.39, 0.29) is 6.61 Å². The molecule has 0 aliphatic heterocycles. The Bertz CT molecular complexity index is 983. The summed E-state index contributed by atoms with van der Waals surface area (Å²) in [6, 6.07) is 10.5. The summed E-state index contributed by atoms with van der Waals surface area (Å²) in [6.45, 7) is 5.10. The summed E-state index contributed by atoms with van der Waals surface area (Å²) in [5.41, 5.74) is 7.60. The van der Waals surface area contributed by atoms with Crippen LogP contribution < -0.4 is 5.73 Å². The predicted molar refractivity (Wildman–Crippen MR) is 135 cm³/mol. The van der Waals surface area contributed by atoms with Crippen LogP contribution in [0.2, 0.25) is 0 Å². The lowest BCUT2D eigenvalue weighted by atomic mass is 9.99. The number of alkyl halides is 2. The number of hydrogen-bond acceptors (Lipinski definition) is 5. The Labute approximate surface area is 206 Å². The number of unbranched alkanes of at least 4 members (excludes halogenated alkanes) is 2. The van der Waals surface area contributed by atoms with Crippen molar-refractivity contribution in [3.8, 4) is 0 Å². The number of pyridine rings is 1. The van der Waals surface area contributed by atoms with Crippen LogP contribution in [0, 0.1) is 6.92 Å². The van der Waals surface area contributed by atoms with Crippen LogP contribution >= 0.6 is 7.60 Å². The largest absolute Gasteiger partial charge is 0.394 e. The van der Waals surface area contributed by atoms with Gasteiger partial charge >= 0.3 is 13.3 Å². The topological polar surface area (TPSA) is 109 Å². The second kappa shape index (κ2) is 13.4. The fourth-order valence-electron chi connectivity index (χ4n) is 3.69. The molecule has 1 aromatic carbocycles. The number of aryl methyl sites for hydroxylation is 2. The van der Waals surface area contributed by atoms with E-state index < -0.39 is 26.3 Å². The summed E-state index contributed by atoms with van der Waals surface area (Å²) < 4.78 is 42.3. The number of ether oxygens (including phenoxy) is 1. The van der Waals surface area contributed by atoms with Gasteiger partial charge in [0.2, 0.25) is 0 Å². The monoisotopic (exact) mass is 513 g/mol. The zero-order valence-corrected chi connectivity index (χ0v) is 21.7. The van der Waals surface area contributed by atoms with E-state index in [2.05, 4.69) is 42.2 Å². The number of halogens is 2. The van der Waals surface area contributed by atoms with Crippen molar-refractivity contribution in [2.75, 3.05) is 32.5 Å². The Balaban J connectivity index is 1.82. The molecule has 0 fully saturated rings. The fraction of sp³-hybridized carbons (Fsp3) is 0.560. The van der Waals surface area contributed by atoms with E-state index >= 15 is 0 Å². The van der Waals surface area contributed by atoms with E-state index in [4.69, 9.17) is 20.3 Å². The summed E-state index contributed by atoms with van der Waals surface area (Å²) in [5, 5.41) is 0. The molecule has 2 aromatic rings. The van der Waals surface area contributed by atoms with Gasteiger partial charge in [-0.1, -0.05) is 50.1 Å². The number of aromatic nitrogens is 1. The molecule has 0 amide bonds. The lowest BCUT2D eigenvalue weighted by Crippen LogP contribution is -2.24. The maximum Gasteiger partial charge on any atom is 0.394 e. The SMILES string of the molecule is CCCCCc1cc(Cc2ccc(CN(C)CCOCCC(F)(F)P(=O)(O)O)cc2)c(C)nc1N. The van der Waals surface area contributed by atoms with E-state index in [1.54, 1.807) is 0 Å². The number of rotatable bonds is 15. The van der Waals surface area contributed by atoms with E-state index in [0.29, 0.717) is 18.9 Å². The summed E-state index contributed by atoms with van der Waals surface area (Å²) in [5.74, 6) is 0.625. The summed E-state index contributed by atoms with van der Waals surface area (Å²) in [7, 11) is -3.56. The Hall–Kier alpha value is -1.90. The van der Waals surface area contributed by atoms with Crippen LogP contribution in [-0.4, -0.2) is 52.1 Å². The lowest BCUT2D eigenvalue weighted by molar-refractivity contribution is 0.0117. The second-order valence-corrected chi connectivity index (χ2v) is 10.8. The third-order valence-corrected chi connectivity index (χ3v) is 7.02. The quantitative estimate of drug-likeness (QED) is 0.229. The number of nitrogens with zero attached hydrogens (tertiary/aromatic N) is 2. The fourth-order valence-corrected chi connectivity index (χ4v) is 4.08. The Morgan fingerprint density at radius 3 is 2.40 bits per heavy atom. The summed E-state index contributed by atoms with van der Waals surface area (Å²) >= 11 is 0. The maximum atomic E-state index is 13.2. The van der Waals surface area contributed by atoms with Crippen LogP contribution in [0.15, 0.2) is 30.3 Å². The lowest BCUT2D eigenvalue weighted by Gasteiger charge is -2.19. The molecule has 0 atom stereocenters. The van der Waals surface area contributed by atoms with Crippen LogP contribution in [0.1, 0.15) is 60.6 Å². The van der Waals surface area contributed by atoms with Gasteiger partial charge in [-0.15, -0.1) is 0 Å². The molecular weight excluding hydrogens is 475 g/mol. The number of nitrogens with two attached hydrogens (primary N) is 1. The van der Waals surface area contributed by atoms with Gasteiger partial charge in [0.15, 0.2) is 0 Å². The minimum absolute atomic E-state index is 0.190. The van der Waals surface area contributed by atoms with Crippen LogP contribution in [0.4, 0.5) is 14.6 Å². The number of likely N-dealkylation sites (N-methyl/N-ethyl adjacent to an activating group) is 1. The Kier molecular flexibility index (Phi) is 11.2. The van der Waals surface area contributed by atoms with Crippen molar-refractivity contribution < 1.29 is 27.9 Å². The molecule has 196 valence electrons. The number of benzene rings is 1. The molecule has 0 saturated heterocycles. The molecule has 0 unspecified atom stereocenters. The van der Waals surface area contributed by atoms with Crippen molar-refractivity contribution in [3.63, 3.8) is 0 Å². The van der Waals surface area contributed by atoms with Crippen molar-refractivity contribution >= 4 is 13.4 Å². The van der Waals surface area contributed by atoms with Gasteiger partial charge in [0.1, 0.15) is 5.82 Å². The van der Waals surface area contributed by atoms with Crippen molar-refractivity contribution in [2.24, 2.45) is 0 Å². The first-order chi connectivity index (χ1) is 16.4.